The molecule has 90 valence electrons. The van der Waals surface area contributed by atoms with Gasteiger partial charge in [-0.15, -0.1) is 0 Å². The van der Waals surface area contributed by atoms with Gasteiger partial charge in [0.1, 0.15) is 0 Å². The van der Waals surface area contributed by atoms with Crippen LogP contribution in [-0.2, 0) is 5.41 Å². The molecule has 16 heavy (non-hydrogen) atoms. The van der Waals surface area contributed by atoms with Crippen LogP contribution in [0.1, 0.15) is 46.6 Å². The lowest BCUT2D eigenvalue weighted by Crippen LogP contribution is -2.24. The van der Waals surface area contributed by atoms with Crippen LogP contribution in [0.15, 0.2) is 24.3 Å². The lowest BCUT2D eigenvalue weighted by Gasteiger charge is -2.33. The minimum absolute atomic E-state index is 0.241. The van der Waals surface area contributed by atoms with Crippen LogP contribution in [0.25, 0.3) is 0 Å². The summed E-state index contributed by atoms with van der Waals surface area (Å²) >= 11 is 0. The van der Waals surface area contributed by atoms with Gasteiger partial charge in [-0.05, 0) is 34.9 Å². The van der Waals surface area contributed by atoms with Crippen molar-refractivity contribution >= 4 is 5.69 Å². The lowest BCUT2D eigenvalue weighted by molar-refractivity contribution is 0.284. The fraction of sp³-hybridized carbons (Fsp3) is 0.600. The molecule has 0 unspecified atom stereocenters. The van der Waals surface area contributed by atoms with Gasteiger partial charge in [-0.25, -0.2) is 0 Å². The first-order valence-corrected chi connectivity index (χ1v) is 6.03. The van der Waals surface area contributed by atoms with Crippen molar-refractivity contribution in [3.63, 3.8) is 0 Å². The molecule has 0 atom stereocenters. The number of benzene rings is 1. The number of anilines is 1. The van der Waals surface area contributed by atoms with Crippen molar-refractivity contribution in [1.29, 1.82) is 0 Å². The normalized spacial score (nSPS) is 12.6. The molecule has 1 nitrogen and oxygen atoms in total. The molecule has 1 aromatic rings. The van der Waals surface area contributed by atoms with E-state index in [1.165, 1.54) is 17.7 Å². The van der Waals surface area contributed by atoms with Crippen molar-refractivity contribution in [2.45, 2.75) is 46.5 Å². The molecule has 1 aromatic carbocycles. The van der Waals surface area contributed by atoms with E-state index in [0.717, 1.165) is 0 Å². The van der Waals surface area contributed by atoms with E-state index in [1.807, 2.05) is 7.05 Å². The lowest BCUT2D eigenvalue weighted by atomic mass is 9.72. The summed E-state index contributed by atoms with van der Waals surface area (Å²) in [5.74, 6) is 0. The molecule has 0 spiro atoms. The van der Waals surface area contributed by atoms with Crippen molar-refractivity contribution < 1.29 is 0 Å². The van der Waals surface area contributed by atoms with Gasteiger partial charge in [-0.1, -0.05) is 46.8 Å². The van der Waals surface area contributed by atoms with E-state index in [-0.39, 0.29) is 5.41 Å². The van der Waals surface area contributed by atoms with E-state index in [2.05, 4.69) is 64.2 Å². The molecule has 0 amide bonds. The second kappa shape index (κ2) is 4.48. The summed E-state index contributed by atoms with van der Waals surface area (Å²) < 4.78 is 0. The highest BCUT2D eigenvalue weighted by Crippen LogP contribution is 2.36. The Balaban J connectivity index is 2.89. The Bertz CT molecular complexity index is 327. The largest absolute Gasteiger partial charge is 0.388 e. The van der Waals surface area contributed by atoms with Gasteiger partial charge < -0.3 is 5.32 Å². The van der Waals surface area contributed by atoms with E-state index >= 15 is 0 Å². The Morgan fingerprint density at radius 2 is 1.44 bits per heavy atom. The van der Waals surface area contributed by atoms with E-state index in [9.17, 15) is 0 Å². The van der Waals surface area contributed by atoms with Crippen LogP contribution >= 0.6 is 0 Å². The Hall–Kier alpha value is -0.980. The number of hydrogen-bond acceptors (Lipinski definition) is 1. The highest BCUT2D eigenvalue weighted by Gasteiger charge is 2.26. The van der Waals surface area contributed by atoms with Gasteiger partial charge in [-0.3, -0.25) is 0 Å². The van der Waals surface area contributed by atoms with Gasteiger partial charge in [-0.2, -0.15) is 0 Å². The molecule has 0 heterocycles. The van der Waals surface area contributed by atoms with Crippen LogP contribution in [0.2, 0.25) is 0 Å². The first-order chi connectivity index (χ1) is 7.24. The predicted molar refractivity (Wildman–Crippen MR) is 73.1 cm³/mol. The number of hydrogen-bond donors (Lipinski definition) is 1. The SMILES string of the molecule is CNc1ccc(C(C)(C)CC(C)(C)C)cc1. The average molecular weight is 219 g/mol. The minimum Gasteiger partial charge on any atom is -0.388 e. The third-order valence-corrected chi connectivity index (χ3v) is 2.93. The maximum atomic E-state index is 3.15. The van der Waals surface area contributed by atoms with Gasteiger partial charge in [0.25, 0.3) is 0 Å². The Morgan fingerprint density at radius 3 is 1.81 bits per heavy atom. The van der Waals surface area contributed by atoms with E-state index in [1.54, 1.807) is 0 Å². The van der Waals surface area contributed by atoms with E-state index in [4.69, 9.17) is 0 Å². The monoisotopic (exact) mass is 219 g/mol. The maximum absolute atomic E-state index is 3.15. The number of rotatable bonds is 3. The van der Waals surface area contributed by atoms with Gasteiger partial charge in [0.15, 0.2) is 0 Å². The van der Waals surface area contributed by atoms with Gasteiger partial charge in [0.2, 0.25) is 0 Å². The fourth-order valence-electron chi connectivity index (χ4n) is 2.52. The third kappa shape index (κ3) is 3.55. The first kappa shape index (κ1) is 13.1. The summed E-state index contributed by atoms with van der Waals surface area (Å²) in [6.45, 7) is 11.6. The Labute approximate surface area is 100 Å². The van der Waals surface area contributed by atoms with Crippen molar-refractivity contribution in [3.05, 3.63) is 29.8 Å². The summed E-state index contributed by atoms with van der Waals surface area (Å²) in [6.07, 6.45) is 1.19. The topological polar surface area (TPSA) is 12.0 Å². The predicted octanol–water partition coefficient (Wildman–Crippen LogP) is 4.44. The zero-order valence-electron chi connectivity index (χ0n) is 11.5. The molecule has 1 heteroatoms. The molecular formula is C15H25N. The molecule has 1 rings (SSSR count). The van der Waals surface area contributed by atoms with E-state index in [0.29, 0.717) is 5.41 Å². The molecule has 0 radical (unpaired) electrons. The molecule has 0 aromatic heterocycles. The number of nitrogens with one attached hydrogen (secondary N) is 1. The minimum atomic E-state index is 0.241. The zero-order valence-corrected chi connectivity index (χ0v) is 11.5. The van der Waals surface area contributed by atoms with Crippen molar-refractivity contribution in [3.8, 4) is 0 Å². The first-order valence-electron chi connectivity index (χ1n) is 6.03. The molecule has 0 saturated heterocycles. The summed E-state index contributed by atoms with van der Waals surface area (Å²) in [5, 5.41) is 3.15. The quantitative estimate of drug-likeness (QED) is 0.792. The highest BCUT2D eigenvalue weighted by atomic mass is 14.8. The zero-order chi connectivity index (χ0) is 12.4. The summed E-state index contributed by atoms with van der Waals surface area (Å²) in [7, 11) is 1.95. The standard InChI is InChI=1S/C15H25N/c1-14(2,3)11-15(4,5)12-7-9-13(16-6)10-8-12/h7-10,16H,11H2,1-6H3. The van der Waals surface area contributed by atoms with Crippen LogP contribution in [0.3, 0.4) is 0 Å². The fourth-order valence-corrected chi connectivity index (χ4v) is 2.52. The van der Waals surface area contributed by atoms with Crippen molar-refractivity contribution in [2.75, 3.05) is 12.4 Å². The summed E-state index contributed by atoms with van der Waals surface area (Å²) in [6, 6.07) is 8.77. The molecule has 0 aliphatic rings. The molecular weight excluding hydrogens is 194 g/mol. The molecule has 0 saturated carbocycles. The van der Waals surface area contributed by atoms with Crippen molar-refractivity contribution in [2.24, 2.45) is 5.41 Å². The van der Waals surface area contributed by atoms with Crippen LogP contribution in [0.5, 0.6) is 0 Å². The van der Waals surface area contributed by atoms with Gasteiger partial charge in [0, 0.05) is 12.7 Å². The van der Waals surface area contributed by atoms with Crippen LogP contribution in [0, 0.1) is 5.41 Å². The van der Waals surface area contributed by atoms with Crippen LogP contribution < -0.4 is 5.32 Å². The smallest absolute Gasteiger partial charge is 0.0337 e. The van der Waals surface area contributed by atoms with Crippen LogP contribution in [-0.4, -0.2) is 7.05 Å². The van der Waals surface area contributed by atoms with E-state index < -0.39 is 0 Å². The second-order valence-electron chi connectivity index (χ2n) is 6.45. The molecule has 0 bridgehead atoms. The average Bonchev–Trinajstić information content (AvgIpc) is 2.14. The molecule has 1 N–H and O–H groups in total. The maximum Gasteiger partial charge on any atom is 0.0337 e. The molecule has 0 aliphatic carbocycles. The highest BCUT2D eigenvalue weighted by molar-refractivity contribution is 5.45. The molecule has 0 fully saturated rings. The van der Waals surface area contributed by atoms with Gasteiger partial charge in [0.05, 0.1) is 0 Å². The molecule has 0 aliphatic heterocycles. The Kier molecular flexibility index (Phi) is 3.67. The van der Waals surface area contributed by atoms with Crippen molar-refractivity contribution in [1.82, 2.24) is 0 Å². The summed E-state index contributed by atoms with van der Waals surface area (Å²) in [4.78, 5) is 0. The van der Waals surface area contributed by atoms with Crippen LogP contribution in [0.4, 0.5) is 5.69 Å². The summed E-state index contributed by atoms with van der Waals surface area (Å²) in [5.41, 5.74) is 3.20. The Morgan fingerprint density at radius 1 is 0.938 bits per heavy atom. The second-order valence-corrected chi connectivity index (χ2v) is 6.45. The third-order valence-electron chi connectivity index (χ3n) is 2.93. The van der Waals surface area contributed by atoms with Gasteiger partial charge >= 0.3 is 0 Å².